The van der Waals surface area contributed by atoms with Crippen molar-refractivity contribution in [3.05, 3.63) is 53.1 Å². The van der Waals surface area contributed by atoms with Crippen molar-refractivity contribution in [2.75, 3.05) is 7.05 Å². The summed E-state index contributed by atoms with van der Waals surface area (Å²) in [6, 6.07) is 8.68. The molecule has 0 saturated heterocycles. The van der Waals surface area contributed by atoms with E-state index < -0.39 is 0 Å². The summed E-state index contributed by atoms with van der Waals surface area (Å²) in [5.41, 5.74) is 3.52. The van der Waals surface area contributed by atoms with Gasteiger partial charge in [0.25, 0.3) is 5.91 Å². The summed E-state index contributed by atoms with van der Waals surface area (Å²) >= 11 is 0. The lowest BCUT2D eigenvalue weighted by molar-refractivity contribution is 0.0695. The second-order valence-corrected chi connectivity index (χ2v) is 6.80. The Balaban J connectivity index is 1.90. The van der Waals surface area contributed by atoms with Crippen LogP contribution in [0.1, 0.15) is 53.8 Å². The lowest BCUT2D eigenvalue weighted by atomic mass is 9.94. The van der Waals surface area contributed by atoms with E-state index in [0.717, 1.165) is 35.5 Å². The van der Waals surface area contributed by atoms with Gasteiger partial charge in [-0.15, -0.1) is 0 Å². The zero-order valence-corrected chi connectivity index (χ0v) is 14.7. The Morgan fingerprint density at radius 3 is 2.38 bits per heavy atom. The quantitative estimate of drug-likeness (QED) is 0.806. The third kappa shape index (κ3) is 3.10. The first kappa shape index (κ1) is 16.7. The first-order chi connectivity index (χ1) is 11.5. The molecule has 0 spiro atoms. The Labute approximate surface area is 143 Å². The number of hydrogen-bond acceptors (Lipinski definition) is 1. The van der Waals surface area contributed by atoms with Gasteiger partial charge in [-0.25, -0.2) is 4.39 Å². The first-order valence-corrected chi connectivity index (χ1v) is 8.71. The summed E-state index contributed by atoms with van der Waals surface area (Å²) in [4.78, 5) is 14.9. The van der Waals surface area contributed by atoms with Crippen molar-refractivity contribution in [2.24, 2.45) is 0 Å². The average Bonchev–Trinajstić information content (AvgIpc) is 2.90. The van der Waals surface area contributed by atoms with Crippen LogP contribution in [0.15, 0.2) is 30.3 Å². The van der Waals surface area contributed by atoms with E-state index in [4.69, 9.17) is 0 Å². The molecule has 4 heteroatoms. The number of rotatable bonds is 3. The van der Waals surface area contributed by atoms with Crippen LogP contribution in [0.25, 0.3) is 5.69 Å². The Morgan fingerprint density at radius 2 is 1.75 bits per heavy atom. The second kappa shape index (κ2) is 6.80. The number of amides is 1. The molecule has 1 aliphatic carbocycles. The summed E-state index contributed by atoms with van der Waals surface area (Å²) in [7, 11) is 1.92. The van der Waals surface area contributed by atoms with Crippen LogP contribution in [-0.2, 0) is 0 Å². The summed E-state index contributed by atoms with van der Waals surface area (Å²) in [5.74, 6) is -0.169. The minimum atomic E-state index is -0.255. The van der Waals surface area contributed by atoms with Gasteiger partial charge >= 0.3 is 0 Å². The van der Waals surface area contributed by atoms with E-state index in [1.807, 2.05) is 36.4 Å². The van der Waals surface area contributed by atoms with Gasteiger partial charge in [-0.3, -0.25) is 4.79 Å². The fraction of sp³-hybridized carbons (Fsp3) is 0.450. The highest BCUT2D eigenvalue weighted by Crippen LogP contribution is 2.26. The Morgan fingerprint density at radius 1 is 1.12 bits per heavy atom. The van der Waals surface area contributed by atoms with Gasteiger partial charge in [0.05, 0.1) is 5.56 Å². The minimum absolute atomic E-state index is 0.0864. The van der Waals surface area contributed by atoms with Crippen LogP contribution in [0, 0.1) is 19.7 Å². The second-order valence-electron chi connectivity index (χ2n) is 6.80. The van der Waals surface area contributed by atoms with Crippen LogP contribution in [0.2, 0.25) is 0 Å². The van der Waals surface area contributed by atoms with Gasteiger partial charge < -0.3 is 9.47 Å². The SMILES string of the molecule is Cc1cc(C(=O)N(C)C2CCCCC2)c(C)n1-c1ccc(F)cc1. The third-order valence-corrected chi connectivity index (χ3v) is 5.19. The van der Waals surface area contributed by atoms with Crippen molar-refractivity contribution in [1.82, 2.24) is 9.47 Å². The van der Waals surface area contributed by atoms with Gasteiger partial charge in [0.2, 0.25) is 0 Å². The molecule has 128 valence electrons. The molecular formula is C20H25FN2O. The molecule has 0 unspecified atom stereocenters. The summed E-state index contributed by atoms with van der Waals surface area (Å²) in [6.45, 7) is 3.94. The van der Waals surface area contributed by atoms with Crippen molar-refractivity contribution in [3.63, 3.8) is 0 Å². The molecule has 0 atom stereocenters. The number of nitrogens with zero attached hydrogens (tertiary/aromatic N) is 2. The van der Waals surface area contributed by atoms with Crippen molar-refractivity contribution in [1.29, 1.82) is 0 Å². The molecule has 0 aliphatic heterocycles. The molecular weight excluding hydrogens is 303 g/mol. The number of aromatic nitrogens is 1. The van der Waals surface area contributed by atoms with E-state index in [1.165, 1.54) is 31.4 Å². The number of benzene rings is 1. The topological polar surface area (TPSA) is 25.2 Å². The average molecular weight is 328 g/mol. The zero-order chi connectivity index (χ0) is 17.3. The zero-order valence-electron chi connectivity index (χ0n) is 14.7. The number of aryl methyl sites for hydroxylation is 1. The third-order valence-electron chi connectivity index (χ3n) is 5.19. The molecule has 1 amide bonds. The molecule has 0 radical (unpaired) electrons. The van der Waals surface area contributed by atoms with Crippen LogP contribution in [0.3, 0.4) is 0 Å². The molecule has 1 heterocycles. The molecule has 0 bridgehead atoms. The summed E-state index contributed by atoms with van der Waals surface area (Å²) < 4.78 is 15.2. The number of halogens is 1. The molecule has 1 aliphatic rings. The molecule has 1 aromatic heterocycles. The highest BCUT2D eigenvalue weighted by Gasteiger charge is 2.26. The molecule has 1 saturated carbocycles. The van der Waals surface area contributed by atoms with Crippen LogP contribution < -0.4 is 0 Å². The van der Waals surface area contributed by atoms with Crippen molar-refractivity contribution in [2.45, 2.75) is 52.0 Å². The molecule has 2 aromatic rings. The Bertz CT molecular complexity index is 727. The molecule has 3 nitrogen and oxygen atoms in total. The molecule has 1 fully saturated rings. The Kier molecular flexibility index (Phi) is 4.74. The Hall–Kier alpha value is -2.10. The normalized spacial score (nSPS) is 15.5. The predicted octanol–water partition coefficient (Wildman–Crippen LogP) is 4.64. The molecule has 0 N–H and O–H groups in total. The van der Waals surface area contributed by atoms with Crippen LogP contribution in [0.4, 0.5) is 4.39 Å². The summed E-state index contributed by atoms with van der Waals surface area (Å²) in [6.07, 6.45) is 5.88. The van der Waals surface area contributed by atoms with Gasteiger partial charge in [-0.05, 0) is 57.0 Å². The van der Waals surface area contributed by atoms with Crippen LogP contribution in [-0.4, -0.2) is 28.5 Å². The maximum Gasteiger partial charge on any atom is 0.255 e. The van der Waals surface area contributed by atoms with Crippen molar-refractivity contribution < 1.29 is 9.18 Å². The number of carbonyl (C=O) groups is 1. The van der Waals surface area contributed by atoms with E-state index in [2.05, 4.69) is 0 Å². The maximum atomic E-state index is 13.2. The number of carbonyl (C=O) groups excluding carboxylic acids is 1. The van der Waals surface area contributed by atoms with Crippen molar-refractivity contribution >= 4 is 5.91 Å². The molecule has 3 rings (SSSR count). The highest BCUT2D eigenvalue weighted by atomic mass is 19.1. The van der Waals surface area contributed by atoms with Gasteiger partial charge in [-0.2, -0.15) is 0 Å². The van der Waals surface area contributed by atoms with E-state index in [0.29, 0.717) is 6.04 Å². The van der Waals surface area contributed by atoms with Crippen LogP contribution >= 0.6 is 0 Å². The fourth-order valence-corrected chi connectivity index (χ4v) is 3.79. The predicted molar refractivity (Wildman–Crippen MR) is 94.2 cm³/mol. The lowest BCUT2D eigenvalue weighted by Crippen LogP contribution is -2.38. The largest absolute Gasteiger partial charge is 0.339 e. The van der Waals surface area contributed by atoms with E-state index >= 15 is 0 Å². The highest BCUT2D eigenvalue weighted by molar-refractivity contribution is 5.96. The summed E-state index contributed by atoms with van der Waals surface area (Å²) in [5, 5.41) is 0. The standard InChI is InChI=1S/C20H25FN2O/c1-14-13-19(20(24)22(3)17-7-5-4-6-8-17)15(2)23(14)18-11-9-16(21)10-12-18/h9-13,17H,4-8H2,1-3H3. The monoisotopic (exact) mass is 328 g/mol. The van der Waals surface area contributed by atoms with E-state index in [1.54, 1.807) is 12.1 Å². The maximum absolute atomic E-state index is 13.2. The van der Waals surface area contributed by atoms with Gasteiger partial charge in [0, 0.05) is 30.2 Å². The number of hydrogen-bond donors (Lipinski definition) is 0. The van der Waals surface area contributed by atoms with Crippen molar-refractivity contribution in [3.8, 4) is 5.69 Å². The minimum Gasteiger partial charge on any atom is -0.339 e. The lowest BCUT2D eigenvalue weighted by Gasteiger charge is -2.31. The molecule has 1 aromatic carbocycles. The fourth-order valence-electron chi connectivity index (χ4n) is 3.79. The van der Waals surface area contributed by atoms with Gasteiger partial charge in [-0.1, -0.05) is 19.3 Å². The smallest absolute Gasteiger partial charge is 0.255 e. The van der Waals surface area contributed by atoms with Gasteiger partial charge in [0.15, 0.2) is 0 Å². The van der Waals surface area contributed by atoms with E-state index in [9.17, 15) is 9.18 Å². The first-order valence-electron chi connectivity index (χ1n) is 8.71. The van der Waals surface area contributed by atoms with Crippen LogP contribution in [0.5, 0.6) is 0 Å². The van der Waals surface area contributed by atoms with E-state index in [-0.39, 0.29) is 11.7 Å². The molecule has 24 heavy (non-hydrogen) atoms. The van der Waals surface area contributed by atoms with Gasteiger partial charge in [0.1, 0.15) is 5.82 Å².